The van der Waals surface area contributed by atoms with E-state index in [9.17, 15) is 28.8 Å². The Labute approximate surface area is 415 Å². The molecule has 3 aliphatic rings. The largest absolute Gasteiger partial charge is 0.494 e. The van der Waals surface area contributed by atoms with Gasteiger partial charge >= 0.3 is 12.1 Å². The lowest BCUT2D eigenvalue weighted by Gasteiger charge is -2.37. The molecule has 2 saturated heterocycles. The molecule has 0 radical (unpaired) electrons. The highest BCUT2D eigenvalue weighted by molar-refractivity contribution is 7.84. The smallest absolute Gasteiger partial charge is 0.408 e. The summed E-state index contributed by atoms with van der Waals surface area (Å²) in [6, 6.07) is 14.8. The summed E-state index contributed by atoms with van der Waals surface area (Å²) in [5.74, 6) is -1.16. The molecule has 18 heteroatoms. The number of hydrazine groups is 1. The fourth-order valence-corrected chi connectivity index (χ4v) is 10.2. The number of methoxy groups -OCH3 is 1. The van der Waals surface area contributed by atoms with Crippen molar-refractivity contribution in [1.29, 1.82) is 0 Å². The van der Waals surface area contributed by atoms with E-state index in [-0.39, 0.29) is 38.9 Å². The molecule has 4 aromatic rings. The van der Waals surface area contributed by atoms with Crippen LogP contribution >= 0.6 is 0 Å². The number of fused-ring (bicyclic) bond motifs is 1. The van der Waals surface area contributed by atoms with Crippen LogP contribution in [0.2, 0.25) is 0 Å². The number of carbonyl (C=O) groups excluding carboxylic acids is 2. The first-order valence-electron chi connectivity index (χ1n) is 24.8. The number of aryl methyl sites for hydroxylation is 1. The van der Waals surface area contributed by atoms with Crippen molar-refractivity contribution in [2.75, 3.05) is 57.9 Å². The molecule has 382 valence electrons. The number of aliphatic carboxylic acids is 1. The molecule has 4 heterocycles. The van der Waals surface area contributed by atoms with Crippen molar-refractivity contribution >= 4 is 45.5 Å². The van der Waals surface area contributed by atoms with E-state index in [1.807, 2.05) is 61.7 Å². The molecule has 0 unspecified atom stereocenters. The predicted octanol–water partition coefficient (Wildman–Crippen LogP) is 6.34. The van der Waals surface area contributed by atoms with Gasteiger partial charge in [-0.2, -0.15) is 0 Å². The van der Waals surface area contributed by atoms with E-state index in [1.54, 1.807) is 27.9 Å². The van der Waals surface area contributed by atoms with Crippen LogP contribution in [0.5, 0.6) is 5.75 Å². The number of nitrogens with one attached hydrogen (secondary N) is 3. The van der Waals surface area contributed by atoms with Crippen LogP contribution in [-0.4, -0.2) is 134 Å². The number of aliphatic hydroxyl groups excluding tert-OH is 1. The van der Waals surface area contributed by atoms with E-state index < -0.39 is 57.2 Å². The van der Waals surface area contributed by atoms with Gasteiger partial charge < -0.3 is 39.2 Å². The number of nitrogens with zero attached hydrogens (tertiary/aromatic N) is 5. The maximum atomic E-state index is 14.5. The van der Waals surface area contributed by atoms with Gasteiger partial charge in [-0.3, -0.25) is 24.5 Å². The minimum Gasteiger partial charge on any atom is -0.494 e. The van der Waals surface area contributed by atoms with E-state index in [0.29, 0.717) is 31.6 Å². The second kappa shape index (κ2) is 23.0. The summed E-state index contributed by atoms with van der Waals surface area (Å²) in [6.07, 6.45) is 4.76. The number of rotatable bonds is 21. The van der Waals surface area contributed by atoms with Gasteiger partial charge in [0.25, 0.3) is 5.91 Å². The number of carboxylic acid groups (broad SMARTS) is 1. The van der Waals surface area contributed by atoms with Gasteiger partial charge in [0.2, 0.25) is 0 Å². The fraction of sp³-hybridized carbons (Fsp3) is 0.577. The molecule has 70 heavy (non-hydrogen) atoms. The summed E-state index contributed by atoms with van der Waals surface area (Å²) >= 11 is 0. The van der Waals surface area contributed by atoms with Gasteiger partial charge in [-0.05, 0) is 108 Å². The number of carbonyl (C=O) groups is 3. The maximum absolute atomic E-state index is 14.5. The van der Waals surface area contributed by atoms with E-state index in [4.69, 9.17) is 19.2 Å². The van der Waals surface area contributed by atoms with Crippen LogP contribution in [0.4, 0.5) is 10.5 Å². The molecule has 17 nitrogen and oxygen atoms in total. The van der Waals surface area contributed by atoms with Crippen LogP contribution in [0.1, 0.15) is 103 Å². The number of piperazine rings is 1. The number of aliphatic hydroxyl groups is 1. The molecule has 2 aromatic carbocycles. The van der Waals surface area contributed by atoms with Crippen LogP contribution < -0.4 is 25.1 Å². The van der Waals surface area contributed by atoms with Gasteiger partial charge in [-0.15, -0.1) is 0 Å². The summed E-state index contributed by atoms with van der Waals surface area (Å²) in [7, 11) is -0.0119. The average molecular weight is 987 g/mol. The van der Waals surface area contributed by atoms with Gasteiger partial charge in [0.15, 0.2) is 0 Å². The van der Waals surface area contributed by atoms with E-state index in [1.165, 1.54) is 17.9 Å². The Balaban J connectivity index is 1.22. The normalized spacial score (nSPS) is 18.8. The second-order valence-electron chi connectivity index (χ2n) is 20.6. The fourth-order valence-electron chi connectivity index (χ4n) is 9.32. The Morgan fingerprint density at radius 1 is 0.986 bits per heavy atom. The van der Waals surface area contributed by atoms with Crippen molar-refractivity contribution in [1.82, 2.24) is 34.9 Å². The number of hydrogen-bond donors (Lipinski definition) is 5. The minimum absolute atomic E-state index is 0.0335. The molecular weight excluding hydrogens is 913 g/mol. The SMILES string of the molecule is CCn1c(-c2cc(N3CCN(C4CC4)CC3)cnc2[C@H](C)OC)c(CC(C)(C)CO)c2cc(OCC[C@@H](N[S@](=O)C(C)(C)C)[C@H](NC(=O)OCc3ccccc3)C(=O)N3CCC[C@@H](C(=O)O)N3)ccc21. The molecule has 2 amide bonds. The summed E-state index contributed by atoms with van der Waals surface area (Å²) in [5, 5.41) is 25.4. The number of hydrogen-bond acceptors (Lipinski definition) is 12. The number of aromatic nitrogens is 2. The standard InChI is InChI=1S/C52H74N8O9S/c1-9-59-44-20-19-38(29-39(44)41(30-52(6,7)33-61)47(59)40-28-37(31-53-45(40)34(2)67-8)58-25-23-57(24-26-58)36-17-18-36)68-27-21-42(56-70(66)51(3,4)5)46(48(62)60-22-13-16-43(55-60)49(63)64)54-50(65)69-32-35-14-11-10-12-15-35/h10-12,14-15,19-20,28-29,31,34,36,42-43,46,55-56,61H,9,13,16-18,21-27,30,32-33H2,1-8H3,(H,54,65)(H,63,64)/t34-,42+,43-,46-,70+/m0/s1. The highest BCUT2D eigenvalue weighted by Gasteiger charge is 2.39. The van der Waals surface area contributed by atoms with Gasteiger partial charge in [0, 0.05) is 81.9 Å². The third-order valence-corrected chi connectivity index (χ3v) is 15.2. The zero-order valence-corrected chi connectivity index (χ0v) is 43.0. The van der Waals surface area contributed by atoms with E-state index in [2.05, 4.69) is 56.7 Å². The molecule has 0 spiro atoms. The van der Waals surface area contributed by atoms with Crippen molar-refractivity contribution in [3.8, 4) is 17.0 Å². The predicted molar refractivity (Wildman–Crippen MR) is 272 cm³/mol. The molecule has 7 rings (SSSR count). The number of amides is 2. The number of carboxylic acids is 1. The van der Waals surface area contributed by atoms with Crippen molar-refractivity contribution in [2.45, 2.75) is 135 Å². The molecule has 5 N–H and O–H groups in total. The third kappa shape index (κ3) is 12.9. The van der Waals surface area contributed by atoms with E-state index >= 15 is 0 Å². The summed E-state index contributed by atoms with van der Waals surface area (Å²) in [6.45, 7) is 18.3. The third-order valence-electron chi connectivity index (χ3n) is 13.6. The lowest BCUT2D eigenvalue weighted by atomic mass is 9.84. The molecule has 1 aliphatic carbocycles. The summed E-state index contributed by atoms with van der Waals surface area (Å²) < 4.78 is 36.6. The minimum atomic E-state index is -1.71. The van der Waals surface area contributed by atoms with Crippen molar-refractivity contribution in [3.63, 3.8) is 0 Å². The van der Waals surface area contributed by atoms with Gasteiger partial charge in [-0.1, -0.05) is 44.2 Å². The topological polar surface area (TPSA) is 200 Å². The first kappa shape index (κ1) is 52.7. The Morgan fingerprint density at radius 3 is 2.36 bits per heavy atom. The van der Waals surface area contributed by atoms with Gasteiger partial charge in [-0.25, -0.2) is 19.2 Å². The second-order valence-corrected chi connectivity index (χ2v) is 22.6. The Morgan fingerprint density at radius 2 is 1.71 bits per heavy atom. The first-order valence-corrected chi connectivity index (χ1v) is 25.9. The van der Waals surface area contributed by atoms with Crippen LogP contribution in [-0.2, 0) is 49.6 Å². The van der Waals surface area contributed by atoms with Gasteiger partial charge in [0.1, 0.15) is 24.4 Å². The highest BCUT2D eigenvalue weighted by atomic mass is 32.2. The number of anilines is 1. The molecule has 5 atom stereocenters. The monoisotopic (exact) mass is 987 g/mol. The van der Waals surface area contributed by atoms with E-state index in [0.717, 1.165) is 76.9 Å². The summed E-state index contributed by atoms with van der Waals surface area (Å²) in [5.41, 5.74) is 8.98. The lowest BCUT2D eigenvalue weighted by molar-refractivity contribution is -0.148. The molecule has 3 fully saturated rings. The zero-order chi connectivity index (χ0) is 50.3. The summed E-state index contributed by atoms with van der Waals surface area (Å²) in [4.78, 5) is 50.2. The van der Waals surface area contributed by atoms with Crippen LogP contribution in [0, 0.1) is 5.41 Å². The van der Waals surface area contributed by atoms with Crippen LogP contribution in [0.3, 0.4) is 0 Å². The molecule has 1 saturated carbocycles. The Hall–Kier alpha value is -5.11. The first-order chi connectivity index (χ1) is 33.4. The van der Waals surface area contributed by atoms with Crippen molar-refractivity contribution in [3.05, 3.63) is 77.6 Å². The Bertz CT molecular complexity index is 2470. The van der Waals surface area contributed by atoms with Crippen molar-refractivity contribution in [2.24, 2.45) is 5.41 Å². The molecule has 2 aromatic heterocycles. The van der Waals surface area contributed by atoms with Gasteiger partial charge in [0.05, 0.1) is 57.8 Å². The van der Waals surface area contributed by atoms with Crippen LogP contribution in [0.25, 0.3) is 22.2 Å². The lowest BCUT2D eigenvalue weighted by Crippen LogP contribution is -2.64. The zero-order valence-electron chi connectivity index (χ0n) is 42.2. The number of ether oxygens (including phenoxy) is 3. The van der Waals surface area contributed by atoms with Crippen LogP contribution in [0.15, 0.2) is 60.8 Å². The molecular formula is C52H74N8O9S. The van der Waals surface area contributed by atoms with Crippen molar-refractivity contribution < 1.29 is 43.0 Å². The number of pyridine rings is 1. The maximum Gasteiger partial charge on any atom is 0.408 e. The molecule has 2 aliphatic heterocycles. The highest BCUT2D eigenvalue weighted by Crippen LogP contribution is 2.43. The average Bonchev–Trinajstić information content (AvgIpc) is 4.17. The quantitative estimate of drug-likeness (QED) is 0.0621. The number of alkyl carbamates (subject to hydrolysis) is 1. The molecule has 0 bridgehead atoms. The Kier molecular flexibility index (Phi) is 17.3. The number of benzene rings is 2.